The lowest BCUT2D eigenvalue weighted by Gasteiger charge is -2.22. The predicted octanol–water partition coefficient (Wildman–Crippen LogP) is 3.73. The van der Waals surface area contributed by atoms with Gasteiger partial charge in [0.2, 0.25) is 0 Å². The van der Waals surface area contributed by atoms with Crippen molar-refractivity contribution in [1.82, 2.24) is 25.0 Å². The Morgan fingerprint density at radius 1 is 1.39 bits per heavy atom. The molecule has 28 heavy (non-hydrogen) atoms. The van der Waals surface area contributed by atoms with Gasteiger partial charge in [-0.25, -0.2) is 14.6 Å². The molecule has 3 rings (SSSR count). The van der Waals surface area contributed by atoms with Gasteiger partial charge < -0.3 is 4.90 Å². The van der Waals surface area contributed by atoms with Crippen LogP contribution < -0.4 is 4.90 Å². The monoisotopic (exact) mass is 416 g/mol. The van der Waals surface area contributed by atoms with Crippen LogP contribution in [0.1, 0.15) is 39.9 Å². The average Bonchev–Trinajstić information content (AvgIpc) is 3.25. The van der Waals surface area contributed by atoms with Gasteiger partial charge in [-0.3, -0.25) is 0 Å². The van der Waals surface area contributed by atoms with Crippen LogP contribution in [0.15, 0.2) is 22.8 Å². The van der Waals surface area contributed by atoms with E-state index in [0.29, 0.717) is 28.0 Å². The predicted molar refractivity (Wildman–Crippen MR) is 118 cm³/mol. The van der Waals surface area contributed by atoms with Crippen molar-refractivity contribution in [2.45, 2.75) is 51.3 Å². The third-order valence-electron chi connectivity index (χ3n) is 4.57. The van der Waals surface area contributed by atoms with Crippen LogP contribution in [0, 0.1) is 12.3 Å². The number of rotatable bonds is 4. The van der Waals surface area contributed by atoms with Gasteiger partial charge in [-0.15, -0.1) is 11.5 Å². The first kappa shape index (κ1) is 20.7. The summed E-state index contributed by atoms with van der Waals surface area (Å²) in [5.41, 5.74) is 1.94. The van der Waals surface area contributed by atoms with Crippen LogP contribution in [0.4, 0.5) is 5.82 Å². The van der Waals surface area contributed by atoms with Gasteiger partial charge >= 0.3 is 0 Å². The molecular weight excluding hydrogens is 392 g/mol. The van der Waals surface area contributed by atoms with Crippen LogP contribution in [0.5, 0.6) is 0 Å². The van der Waals surface area contributed by atoms with Gasteiger partial charge in [0.25, 0.3) is 0 Å². The molecule has 1 fully saturated rings. The van der Waals surface area contributed by atoms with Crippen molar-refractivity contribution < 1.29 is 0 Å². The number of thiol groups is 1. The van der Waals surface area contributed by atoms with E-state index in [-0.39, 0.29) is 5.41 Å². The van der Waals surface area contributed by atoms with Gasteiger partial charge in [-0.05, 0) is 13.3 Å². The van der Waals surface area contributed by atoms with Crippen molar-refractivity contribution in [2.75, 3.05) is 18.0 Å². The number of aromatic nitrogens is 5. The SMILES string of the molecule is C#C/C(Cl)=C(\C=C/C)Cn1nnc2c(N3CCC(S)C3)nc(C(C)(C)C)nc21. The Morgan fingerprint density at radius 2 is 2.14 bits per heavy atom. The van der Waals surface area contributed by atoms with E-state index in [1.165, 1.54) is 0 Å². The molecule has 1 aliphatic heterocycles. The molecule has 0 bridgehead atoms. The lowest BCUT2D eigenvalue weighted by molar-refractivity contribution is 0.545. The molecule has 1 aliphatic rings. The normalized spacial score (nSPS) is 18.8. The van der Waals surface area contributed by atoms with Crippen LogP contribution in [0.3, 0.4) is 0 Å². The standard InChI is InChI=1S/C20H25ClN6S/c1-6-8-13(15(21)7-2)11-27-18-16(24-25-27)17(26-10-9-14(28)12-26)22-19(23-18)20(3,4)5/h2,6,8,14,28H,9-12H2,1,3-5H3/b8-6-,15-13-. The first-order valence-corrected chi connectivity index (χ1v) is 10.2. The quantitative estimate of drug-likeness (QED) is 0.467. The van der Waals surface area contributed by atoms with Gasteiger partial charge in [-0.2, -0.15) is 12.6 Å². The van der Waals surface area contributed by atoms with Crippen LogP contribution in [0.2, 0.25) is 0 Å². The van der Waals surface area contributed by atoms with Crippen LogP contribution in [-0.4, -0.2) is 43.3 Å². The second-order valence-corrected chi connectivity index (χ2v) is 9.02. The Balaban J connectivity index is 2.15. The highest BCUT2D eigenvalue weighted by molar-refractivity contribution is 7.81. The number of terminal acetylenes is 1. The summed E-state index contributed by atoms with van der Waals surface area (Å²) >= 11 is 10.8. The molecule has 1 unspecified atom stereocenters. The van der Waals surface area contributed by atoms with Crippen molar-refractivity contribution >= 4 is 41.2 Å². The third-order valence-corrected chi connectivity index (χ3v) is 5.35. The van der Waals surface area contributed by atoms with E-state index in [0.717, 1.165) is 36.7 Å². The van der Waals surface area contributed by atoms with Crippen LogP contribution >= 0.6 is 24.2 Å². The van der Waals surface area contributed by atoms with E-state index in [1.54, 1.807) is 4.68 Å². The summed E-state index contributed by atoms with van der Waals surface area (Å²) in [6.45, 7) is 10.3. The van der Waals surface area contributed by atoms with Crippen LogP contribution in [0.25, 0.3) is 11.2 Å². The Morgan fingerprint density at radius 3 is 2.71 bits per heavy atom. The molecule has 3 heterocycles. The summed E-state index contributed by atoms with van der Waals surface area (Å²) in [7, 11) is 0. The van der Waals surface area contributed by atoms with E-state index in [4.69, 9.17) is 28.0 Å². The Labute approximate surface area is 176 Å². The summed E-state index contributed by atoms with van der Waals surface area (Å²) < 4.78 is 1.74. The molecule has 8 heteroatoms. The minimum Gasteiger partial charge on any atom is -0.353 e. The zero-order valence-corrected chi connectivity index (χ0v) is 18.3. The smallest absolute Gasteiger partial charge is 0.184 e. The molecule has 6 nitrogen and oxygen atoms in total. The van der Waals surface area contributed by atoms with Crippen molar-refractivity contribution in [3.63, 3.8) is 0 Å². The molecule has 0 aromatic carbocycles. The number of allylic oxidation sites excluding steroid dienone is 4. The number of nitrogens with zero attached hydrogens (tertiary/aromatic N) is 6. The van der Waals surface area contributed by atoms with E-state index < -0.39 is 0 Å². The van der Waals surface area contributed by atoms with Gasteiger partial charge in [0.15, 0.2) is 17.0 Å². The topological polar surface area (TPSA) is 59.7 Å². The third kappa shape index (κ3) is 4.18. The average molecular weight is 417 g/mol. The zero-order valence-electron chi connectivity index (χ0n) is 16.6. The minimum absolute atomic E-state index is 0.212. The van der Waals surface area contributed by atoms with Crippen molar-refractivity contribution in [2.24, 2.45) is 0 Å². The molecule has 148 valence electrons. The van der Waals surface area contributed by atoms with Gasteiger partial charge in [0, 0.05) is 29.3 Å². The number of fused-ring (bicyclic) bond motifs is 1. The highest BCUT2D eigenvalue weighted by Gasteiger charge is 2.28. The van der Waals surface area contributed by atoms with Crippen LogP contribution in [-0.2, 0) is 12.0 Å². The zero-order chi connectivity index (χ0) is 20.5. The summed E-state index contributed by atoms with van der Waals surface area (Å²) in [6.07, 6.45) is 10.3. The summed E-state index contributed by atoms with van der Waals surface area (Å²) in [4.78, 5) is 11.9. The molecule has 0 radical (unpaired) electrons. The maximum atomic E-state index is 6.21. The fourth-order valence-corrected chi connectivity index (χ4v) is 3.52. The molecule has 0 aliphatic carbocycles. The molecule has 0 saturated carbocycles. The number of anilines is 1. The summed E-state index contributed by atoms with van der Waals surface area (Å²) in [5.74, 6) is 4.06. The maximum Gasteiger partial charge on any atom is 0.184 e. The molecule has 2 aromatic rings. The lowest BCUT2D eigenvalue weighted by atomic mass is 9.96. The minimum atomic E-state index is -0.212. The van der Waals surface area contributed by atoms with Gasteiger partial charge in [-0.1, -0.05) is 55.7 Å². The highest BCUT2D eigenvalue weighted by Crippen LogP contribution is 2.30. The first-order valence-electron chi connectivity index (χ1n) is 9.27. The fraction of sp³-hybridized carbons (Fsp3) is 0.500. The Kier molecular flexibility index (Phi) is 6.01. The van der Waals surface area contributed by atoms with Gasteiger partial charge in [0.1, 0.15) is 5.82 Å². The highest BCUT2D eigenvalue weighted by atomic mass is 35.5. The summed E-state index contributed by atoms with van der Waals surface area (Å²) in [5, 5.41) is 9.40. The largest absolute Gasteiger partial charge is 0.353 e. The second-order valence-electron chi connectivity index (χ2n) is 7.91. The lowest BCUT2D eigenvalue weighted by Crippen LogP contribution is -2.25. The summed E-state index contributed by atoms with van der Waals surface area (Å²) in [6, 6.07) is 0. The fourth-order valence-electron chi connectivity index (χ4n) is 3.09. The van der Waals surface area contributed by atoms with E-state index in [1.807, 2.05) is 19.1 Å². The van der Waals surface area contributed by atoms with E-state index >= 15 is 0 Å². The second kappa shape index (κ2) is 8.14. The first-order chi connectivity index (χ1) is 13.2. The van der Waals surface area contributed by atoms with Crippen molar-refractivity contribution in [1.29, 1.82) is 0 Å². The number of hydrogen-bond acceptors (Lipinski definition) is 6. The number of hydrogen-bond donors (Lipinski definition) is 1. The molecule has 2 aromatic heterocycles. The van der Waals surface area contributed by atoms with Gasteiger partial charge in [0.05, 0.1) is 11.6 Å². The Bertz CT molecular complexity index is 979. The maximum absolute atomic E-state index is 6.21. The van der Waals surface area contributed by atoms with Crippen molar-refractivity contribution in [3.05, 3.63) is 28.6 Å². The van der Waals surface area contributed by atoms with E-state index in [2.05, 4.69) is 54.5 Å². The molecule has 1 atom stereocenters. The van der Waals surface area contributed by atoms with Crippen molar-refractivity contribution in [3.8, 4) is 12.3 Å². The Hall–Kier alpha value is -2.04. The molecule has 1 saturated heterocycles. The molecule has 0 spiro atoms. The number of halogens is 1. The molecular formula is C20H25ClN6S. The van der Waals surface area contributed by atoms with E-state index in [9.17, 15) is 0 Å². The molecule has 0 amide bonds. The molecule has 0 N–H and O–H groups in total.